The van der Waals surface area contributed by atoms with Gasteiger partial charge in [-0.25, -0.2) is 0 Å². The Morgan fingerprint density at radius 2 is 1.91 bits per heavy atom. The second kappa shape index (κ2) is 9.87. The summed E-state index contributed by atoms with van der Waals surface area (Å²) in [5, 5.41) is 8.88. The zero-order valence-corrected chi connectivity index (χ0v) is 20.6. The number of aromatic nitrogens is 4. The van der Waals surface area contributed by atoms with E-state index >= 15 is 0 Å². The molecule has 0 saturated heterocycles. The Morgan fingerprint density at radius 3 is 2.69 bits per heavy atom. The first-order valence-corrected chi connectivity index (χ1v) is 12.3. The second-order valence-corrected chi connectivity index (χ2v) is 9.23. The predicted molar refractivity (Wildman–Crippen MR) is 133 cm³/mol. The Balaban J connectivity index is 1.26. The highest BCUT2D eigenvalue weighted by molar-refractivity contribution is 7.99. The summed E-state index contributed by atoms with van der Waals surface area (Å²) < 4.78 is 21.2. The van der Waals surface area contributed by atoms with E-state index in [2.05, 4.69) is 14.8 Å². The van der Waals surface area contributed by atoms with Crippen molar-refractivity contribution < 1.29 is 19.0 Å². The number of hydrogen-bond donors (Lipinski definition) is 0. The minimum Gasteiger partial charge on any atom is -0.497 e. The molecule has 0 radical (unpaired) electrons. The van der Waals surface area contributed by atoms with Gasteiger partial charge < -0.3 is 18.8 Å². The molecule has 180 valence electrons. The molecule has 1 aliphatic heterocycles. The van der Waals surface area contributed by atoms with E-state index in [1.54, 1.807) is 13.4 Å². The lowest BCUT2D eigenvalue weighted by molar-refractivity contribution is 0.0777. The van der Waals surface area contributed by atoms with Crippen molar-refractivity contribution in [2.45, 2.75) is 31.7 Å². The average Bonchev–Trinajstić information content (AvgIpc) is 3.47. The van der Waals surface area contributed by atoms with Crippen LogP contribution in [0, 0.1) is 13.8 Å². The SMILES string of the molecule is COc1ccc(-n2cnnc2SCC(=O)c2cc(C)n(C[C@@H]3COc4ccccc4O3)c2C)cc1. The van der Waals surface area contributed by atoms with Crippen LogP contribution < -0.4 is 14.2 Å². The molecule has 0 bridgehead atoms. The molecule has 0 aliphatic carbocycles. The number of para-hydroxylation sites is 2. The van der Waals surface area contributed by atoms with Crippen LogP contribution in [0.15, 0.2) is 66.1 Å². The van der Waals surface area contributed by atoms with Crippen molar-refractivity contribution in [3.63, 3.8) is 0 Å². The van der Waals surface area contributed by atoms with Crippen molar-refractivity contribution in [1.82, 2.24) is 19.3 Å². The van der Waals surface area contributed by atoms with Crippen LogP contribution in [-0.4, -0.2) is 50.7 Å². The number of ketones is 1. The van der Waals surface area contributed by atoms with Crippen LogP contribution >= 0.6 is 11.8 Å². The van der Waals surface area contributed by atoms with Crippen molar-refractivity contribution in [3.8, 4) is 22.9 Å². The first-order chi connectivity index (χ1) is 17.0. The molecular formula is C26H26N4O4S. The van der Waals surface area contributed by atoms with Gasteiger partial charge in [-0.1, -0.05) is 23.9 Å². The number of methoxy groups -OCH3 is 1. The van der Waals surface area contributed by atoms with Gasteiger partial charge in [0.25, 0.3) is 0 Å². The molecule has 5 rings (SSSR count). The number of nitrogens with zero attached hydrogens (tertiary/aromatic N) is 4. The first kappa shape index (κ1) is 23.0. The highest BCUT2D eigenvalue weighted by atomic mass is 32.2. The third-order valence-corrected chi connectivity index (χ3v) is 6.97. The summed E-state index contributed by atoms with van der Waals surface area (Å²) in [6.07, 6.45) is 1.51. The molecule has 0 saturated carbocycles. The van der Waals surface area contributed by atoms with Crippen molar-refractivity contribution in [3.05, 3.63) is 77.9 Å². The molecule has 4 aromatic rings. The Kier molecular flexibility index (Phi) is 6.50. The van der Waals surface area contributed by atoms with Crippen LogP contribution in [0.5, 0.6) is 17.2 Å². The number of aryl methyl sites for hydroxylation is 1. The zero-order valence-electron chi connectivity index (χ0n) is 19.8. The van der Waals surface area contributed by atoms with Gasteiger partial charge in [0, 0.05) is 22.6 Å². The van der Waals surface area contributed by atoms with Gasteiger partial charge in [0.15, 0.2) is 28.5 Å². The zero-order chi connectivity index (χ0) is 24.4. The number of fused-ring (bicyclic) bond motifs is 1. The van der Waals surface area contributed by atoms with E-state index in [0.29, 0.717) is 23.9 Å². The summed E-state index contributed by atoms with van der Waals surface area (Å²) in [6.45, 7) is 5.06. The summed E-state index contributed by atoms with van der Waals surface area (Å²) in [4.78, 5) is 13.1. The van der Waals surface area contributed by atoms with Gasteiger partial charge in [-0.05, 0) is 56.3 Å². The van der Waals surface area contributed by atoms with Gasteiger partial charge >= 0.3 is 0 Å². The number of thioether (sulfide) groups is 1. The van der Waals surface area contributed by atoms with E-state index in [4.69, 9.17) is 14.2 Å². The molecule has 9 heteroatoms. The van der Waals surface area contributed by atoms with Crippen LogP contribution in [0.25, 0.3) is 5.69 Å². The lowest BCUT2D eigenvalue weighted by atomic mass is 10.2. The highest BCUT2D eigenvalue weighted by Crippen LogP contribution is 2.32. The summed E-state index contributed by atoms with van der Waals surface area (Å²) in [6, 6.07) is 17.2. The molecular weight excluding hydrogens is 464 g/mol. The van der Waals surface area contributed by atoms with E-state index in [0.717, 1.165) is 34.3 Å². The summed E-state index contributed by atoms with van der Waals surface area (Å²) >= 11 is 1.37. The number of hydrogen-bond acceptors (Lipinski definition) is 7. The van der Waals surface area contributed by atoms with E-state index in [1.807, 2.05) is 73.0 Å². The third kappa shape index (κ3) is 4.77. The van der Waals surface area contributed by atoms with E-state index in [1.165, 1.54) is 11.8 Å². The van der Waals surface area contributed by atoms with Crippen molar-refractivity contribution in [2.75, 3.05) is 19.5 Å². The number of carbonyl (C=O) groups is 1. The topological polar surface area (TPSA) is 80.4 Å². The second-order valence-electron chi connectivity index (χ2n) is 8.29. The standard InChI is InChI=1S/C26H26N4O4S/c1-17-12-22(18(2)29(17)13-21-14-33-24-6-4-5-7-25(24)34-21)23(31)15-35-26-28-27-16-30(26)19-8-10-20(32-3)11-9-19/h4-12,16,21H,13-15H2,1-3H3/t21-/m1/s1. The smallest absolute Gasteiger partial charge is 0.196 e. The predicted octanol–water partition coefficient (Wildman–Crippen LogP) is 4.51. The van der Waals surface area contributed by atoms with Gasteiger partial charge in [-0.2, -0.15) is 0 Å². The molecule has 0 amide bonds. The number of carbonyl (C=O) groups excluding carboxylic acids is 1. The molecule has 2 aromatic carbocycles. The van der Waals surface area contributed by atoms with Crippen LogP contribution in [0.4, 0.5) is 0 Å². The lowest BCUT2D eigenvalue weighted by Gasteiger charge is -2.27. The fraction of sp³-hybridized carbons (Fsp3) is 0.269. The maximum absolute atomic E-state index is 13.1. The Hall–Kier alpha value is -3.72. The summed E-state index contributed by atoms with van der Waals surface area (Å²) in [5.41, 5.74) is 3.55. The van der Waals surface area contributed by atoms with Crippen LogP contribution in [-0.2, 0) is 6.54 Å². The fourth-order valence-electron chi connectivity index (χ4n) is 4.17. The average molecular weight is 491 g/mol. The van der Waals surface area contributed by atoms with Crippen molar-refractivity contribution >= 4 is 17.5 Å². The van der Waals surface area contributed by atoms with E-state index < -0.39 is 0 Å². The first-order valence-electron chi connectivity index (χ1n) is 11.3. The number of ether oxygens (including phenoxy) is 3. The molecule has 0 spiro atoms. The van der Waals surface area contributed by atoms with Gasteiger partial charge in [0.05, 0.1) is 19.4 Å². The van der Waals surface area contributed by atoms with Crippen LogP contribution in [0.1, 0.15) is 21.7 Å². The largest absolute Gasteiger partial charge is 0.497 e. The fourth-order valence-corrected chi connectivity index (χ4v) is 4.98. The Bertz CT molecular complexity index is 1350. The maximum atomic E-state index is 13.1. The molecule has 8 nitrogen and oxygen atoms in total. The van der Waals surface area contributed by atoms with Crippen molar-refractivity contribution in [2.24, 2.45) is 0 Å². The summed E-state index contributed by atoms with van der Waals surface area (Å²) in [7, 11) is 1.63. The number of benzene rings is 2. The molecule has 0 N–H and O–H groups in total. The lowest BCUT2D eigenvalue weighted by Crippen LogP contribution is -2.33. The minimum absolute atomic E-state index is 0.0461. The molecule has 35 heavy (non-hydrogen) atoms. The maximum Gasteiger partial charge on any atom is 0.196 e. The van der Waals surface area contributed by atoms with Gasteiger partial charge in [0.1, 0.15) is 18.7 Å². The molecule has 1 aliphatic rings. The van der Waals surface area contributed by atoms with Crippen molar-refractivity contribution in [1.29, 1.82) is 0 Å². The van der Waals surface area contributed by atoms with Gasteiger partial charge in [-0.15, -0.1) is 10.2 Å². The van der Waals surface area contributed by atoms with E-state index in [9.17, 15) is 4.79 Å². The molecule has 3 heterocycles. The normalized spacial score (nSPS) is 14.7. The highest BCUT2D eigenvalue weighted by Gasteiger charge is 2.24. The van der Waals surface area contributed by atoms with E-state index in [-0.39, 0.29) is 17.6 Å². The Morgan fingerprint density at radius 1 is 1.14 bits per heavy atom. The molecule has 0 unspecified atom stereocenters. The third-order valence-electron chi connectivity index (χ3n) is 6.03. The monoisotopic (exact) mass is 490 g/mol. The van der Waals surface area contributed by atoms with Crippen LogP contribution in [0.2, 0.25) is 0 Å². The Labute approximate surface area is 207 Å². The molecule has 1 atom stereocenters. The van der Waals surface area contributed by atoms with Gasteiger partial charge in [-0.3, -0.25) is 9.36 Å². The molecule has 2 aromatic heterocycles. The quantitative estimate of drug-likeness (QED) is 0.266. The number of rotatable bonds is 8. The number of Topliss-reactive ketones (excluding diaryl/α,β-unsaturated/α-hetero) is 1. The summed E-state index contributed by atoms with van der Waals surface area (Å²) in [5.74, 6) is 2.59. The van der Waals surface area contributed by atoms with Crippen LogP contribution in [0.3, 0.4) is 0 Å². The van der Waals surface area contributed by atoms with Gasteiger partial charge in [0.2, 0.25) is 0 Å². The molecule has 0 fully saturated rings. The minimum atomic E-state index is -0.130.